The third-order valence-corrected chi connectivity index (χ3v) is 4.00. The van der Waals surface area contributed by atoms with E-state index in [1.807, 2.05) is 0 Å². The Bertz CT molecular complexity index is 953. The number of hydrogen-bond donors (Lipinski definition) is 1. The zero-order valence-corrected chi connectivity index (χ0v) is 14.2. The van der Waals surface area contributed by atoms with Crippen molar-refractivity contribution in [1.29, 1.82) is 0 Å². The molecule has 3 rings (SSSR count). The highest BCUT2D eigenvalue weighted by molar-refractivity contribution is 6.31. The molecule has 0 aliphatic rings. The van der Waals surface area contributed by atoms with E-state index in [0.717, 1.165) is 6.20 Å². The van der Waals surface area contributed by atoms with Crippen LogP contribution in [0.4, 0.5) is 19.0 Å². The second kappa shape index (κ2) is 7.20. The van der Waals surface area contributed by atoms with Crippen LogP contribution in [0.3, 0.4) is 0 Å². The van der Waals surface area contributed by atoms with Gasteiger partial charge < -0.3 is 5.32 Å². The molecule has 0 aliphatic heterocycles. The highest BCUT2D eigenvalue weighted by Gasteiger charge is 2.19. The van der Waals surface area contributed by atoms with E-state index in [9.17, 15) is 18.0 Å². The number of anilines is 1. The van der Waals surface area contributed by atoms with Crippen molar-refractivity contribution in [3.63, 3.8) is 0 Å². The fourth-order valence-electron chi connectivity index (χ4n) is 2.37. The molecule has 2 heterocycles. The number of carbonyl (C=O) groups is 1. The van der Waals surface area contributed by atoms with Crippen LogP contribution in [0.25, 0.3) is 0 Å². The van der Waals surface area contributed by atoms with Gasteiger partial charge in [-0.1, -0.05) is 17.7 Å². The minimum Gasteiger partial charge on any atom is -0.304 e. The minimum atomic E-state index is -2.93. The third-order valence-electron chi connectivity index (χ3n) is 3.65. The molecule has 0 bridgehead atoms. The van der Waals surface area contributed by atoms with Gasteiger partial charge in [0.15, 0.2) is 5.82 Å². The van der Waals surface area contributed by atoms with Crippen molar-refractivity contribution in [3.8, 4) is 0 Å². The maximum atomic E-state index is 13.1. The zero-order valence-electron chi connectivity index (χ0n) is 13.5. The molecule has 10 heteroatoms. The normalized spacial score (nSPS) is 11.2. The molecule has 0 saturated carbocycles. The van der Waals surface area contributed by atoms with Crippen LogP contribution in [0, 0.1) is 12.7 Å². The summed E-state index contributed by atoms with van der Waals surface area (Å²) in [7, 11) is 0. The maximum Gasteiger partial charge on any atom is 0.333 e. The van der Waals surface area contributed by atoms with Gasteiger partial charge in [-0.2, -0.15) is 23.7 Å². The number of carbonyl (C=O) groups excluding carboxylic acids is 1. The lowest BCUT2D eigenvalue weighted by Crippen LogP contribution is -2.18. The Morgan fingerprint density at radius 2 is 2.08 bits per heavy atom. The van der Waals surface area contributed by atoms with Crippen LogP contribution in [-0.4, -0.2) is 25.5 Å². The Kier molecular flexibility index (Phi) is 4.99. The van der Waals surface area contributed by atoms with Gasteiger partial charge in [0, 0.05) is 23.0 Å². The fraction of sp³-hybridized carbons (Fsp3) is 0.188. The van der Waals surface area contributed by atoms with Crippen molar-refractivity contribution in [1.82, 2.24) is 19.6 Å². The molecule has 0 spiro atoms. The first-order valence-corrected chi connectivity index (χ1v) is 7.84. The van der Waals surface area contributed by atoms with Crippen molar-refractivity contribution in [2.24, 2.45) is 0 Å². The van der Waals surface area contributed by atoms with E-state index in [-0.39, 0.29) is 23.1 Å². The van der Waals surface area contributed by atoms with Gasteiger partial charge >= 0.3 is 6.55 Å². The summed E-state index contributed by atoms with van der Waals surface area (Å²) in [5, 5.41) is 10.3. The number of rotatable bonds is 5. The van der Waals surface area contributed by atoms with Crippen LogP contribution in [0.1, 0.15) is 28.3 Å². The SMILES string of the molecule is Cc1cc(NC(=O)c2ccnn2C(F)F)nn1Cc1ccc(F)cc1Cl. The van der Waals surface area contributed by atoms with E-state index < -0.39 is 18.3 Å². The molecule has 1 N–H and O–H groups in total. The van der Waals surface area contributed by atoms with Crippen molar-refractivity contribution >= 4 is 23.3 Å². The molecule has 0 aliphatic carbocycles. The quantitative estimate of drug-likeness (QED) is 0.727. The fourth-order valence-corrected chi connectivity index (χ4v) is 2.60. The maximum absolute atomic E-state index is 13.1. The van der Waals surface area contributed by atoms with Crippen molar-refractivity contribution in [2.45, 2.75) is 20.0 Å². The molecule has 0 unspecified atom stereocenters. The zero-order chi connectivity index (χ0) is 18.8. The first-order chi connectivity index (χ1) is 12.3. The van der Waals surface area contributed by atoms with Gasteiger partial charge in [0.1, 0.15) is 11.5 Å². The van der Waals surface area contributed by atoms with Crippen LogP contribution in [0.15, 0.2) is 36.5 Å². The summed E-state index contributed by atoms with van der Waals surface area (Å²) in [6.45, 7) is -0.912. The number of nitrogens with one attached hydrogen (secondary N) is 1. The smallest absolute Gasteiger partial charge is 0.304 e. The monoisotopic (exact) mass is 383 g/mol. The molecule has 6 nitrogen and oxygen atoms in total. The van der Waals surface area contributed by atoms with Crippen molar-refractivity contribution < 1.29 is 18.0 Å². The average Bonchev–Trinajstić information content (AvgIpc) is 3.17. The average molecular weight is 384 g/mol. The van der Waals surface area contributed by atoms with Gasteiger partial charge in [-0.05, 0) is 30.7 Å². The van der Waals surface area contributed by atoms with Gasteiger partial charge in [0.25, 0.3) is 5.91 Å². The number of hydrogen-bond acceptors (Lipinski definition) is 3. The molecule has 136 valence electrons. The number of nitrogens with zero attached hydrogens (tertiary/aromatic N) is 4. The molecule has 26 heavy (non-hydrogen) atoms. The summed E-state index contributed by atoms with van der Waals surface area (Å²) in [6, 6.07) is 6.79. The lowest BCUT2D eigenvalue weighted by atomic mass is 10.2. The molecule has 2 aromatic heterocycles. The standard InChI is InChI=1S/C16H13ClF3N5O/c1-9-6-14(22-15(26)13-4-5-21-25(13)16(19)20)23-24(9)8-10-2-3-11(18)7-12(10)17/h2-7,16H,8H2,1H3,(H,22,23,26). The predicted octanol–water partition coefficient (Wildman–Crippen LogP) is 3.88. The van der Waals surface area contributed by atoms with Crippen LogP contribution in [0.5, 0.6) is 0 Å². The molecular weight excluding hydrogens is 371 g/mol. The van der Waals surface area contributed by atoms with Gasteiger partial charge in [-0.15, -0.1) is 0 Å². The van der Waals surface area contributed by atoms with Crippen LogP contribution >= 0.6 is 11.6 Å². The summed E-state index contributed by atoms with van der Waals surface area (Å²) in [4.78, 5) is 12.2. The van der Waals surface area contributed by atoms with Gasteiger partial charge in [0.2, 0.25) is 0 Å². The van der Waals surface area contributed by atoms with E-state index in [1.165, 1.54) is 24.3 Å². The minimum absolute atomic E-state index is 0.188. The second-order valence-corrected chi connectivity index (χ2v) is 5.86. The first kappa shape index (κ1) is 18.0. The largest absolute Gasteiger partial charge is 0.333 e. The van der Waals surface area contributed by atoms with Gasteiger partial charge in [0.05, 0.1) is 6.54 Å². The van der Waals surface area contributed by atoms with E-state index in [1.54, 1.807) is 17.7 Å². The Hall–Kier alpha value is -2.81. The predicted molar refractivity (Wildman–Crippen MR) is 88.9 cm³/mol. The summed E-state index contributed by atoms with van der Waals surface area (Å²) >= 11 is 6.01. The molecule has 1 amide bonds. The van der Waals surface area contributed by atoms with Gasteiger partial charge in [-0.25, -0.2) is 4.39 Å². The Morgan fingerprint density at radius 1 is 1.31 bits per heavy atom. The molecular formula is C16H13ClF3N5O. The number of aryl methyl sites for hydroxylation is 1. The van der Waals surface area contributed by atoms with Crippen LogP contribution in [0.2, 0.25) is 5.02 Å². The van der Waals surface area contributed by atoms with E-state index in [0.29, 0.717) is 15.9 Å². The first-order valence-electron chi connectivity index (χ1n) is 7.46. The molecule has 0 saturated heterocycles. The summed E-state index contributed by atoms with van der Waals surface area (Å²) in [6.07, 6.45) is 1.11. The van der Waals surface area contributed by atoms with E-state index in [2.05, 4.69) is 15.5 Å². The summed E-state index contributed by atoms with van der Waals surface area (Å²) < 4.78 is 40.6. The molecule has 0 atom stereocenters. The van der Waals surface area contributed by atoms with Crippen LogP contribution in [-0.2, 0) is 6.54 Å². The highest BCUT2D eigenvalue weighted by atomic mass is 35.5. The molecule has 0 fully saturated rings. The Labute approximate surface area is 151 Å². The Balaban J connectivity index is 1.77. The van der Waals surface area contributed by atoms with Crippen molar-refractivity contribution in [3.05, 3.63) is 64.3 Å². The molecule has 1 aromatic carbocycles. The number of alkyl halides is 2. The third kappa shape index (κ3) is 3.72. The number of halogens is 4. The summed E-state index contributed by atoms with van der Waals surface area (Å²) in [5.41, 5.74) is 1.06. The van der Waals surface area contributed by atoms with Crippen molar-refractivity contribution in [2.75, 3.05) is 5.32 Å². The number of aromatic nitrogens is 4. The highest BCUT2D eigenvalue weighted by Crippen LogP contribution is 2.20. The van der Waals surface area contributed by atoms with Crippen LogP contribution < -0.4 is 5.32 Å². The number of amides is 1. The lowest BCUT2D eigenvalue weighted by Gasteiger charge is -2.07. The topological polar surface area (TPSA) is 64.7 Å². The summed E-state index contributed by atoms with van der Waals surface area (Å²) in [5.74, 6) is -1.01. The molecule has 0 radical (unpaired) electrons. The van der Waals surface area contributed by atoms with E-state index >= 15 is 0 Å². The van der Waals surface area contributed by atoms with Gasteiger partial charge in [-0.3, -0.25) is 9.48 Å². The number of benzene rings is 1. The van der Waals surface area contributed by atoms with E-state index in [4.69, 9.17) is 11.6 Å². The second-order valence-electron chi connectivity index (χ2n) is 5.46. The Morgan fingerprint density at radius 3 is 2.77 bits per heavy atom. The lowest BCUT2D eigenvalue weighted by molar-refractivity contribution is 0.0520. The molecule has 3 aromatic rings.